The Labute approximate surface area is 151 Å². The van der Waals surface area contributed by atoms with Gasteiger partial charge in [-0.2, -0.15) is 0 Å². The first-order valence-electron chi connectivity index (χ1n) is 8.71. The third kappa shape index (κ3) is 4.89. The maximum absolute atomic E-state index is 12.2. The molecule has 132 valence electrons. The Kier molecular flexibility index (Phi) is 6.17. The number of amides is 1. The number of pyridine rings is 1. The maximum atomic E-state index is 12.2. The molecule has 0 aliphatic heterocycles. The molecular formula is C19H22N2O3S. The van der Waals surface area contributed by atoms with Crippen LogP contribution in [-0.4, -0.2) is 30.0 Å². The number of aryl methyl sites for hydroxylation is 2. The van der Waals surface area contributed by atoms with Crippen molar-refractivity contribution in [3.05, 3.63) is 51.5 Å². The van der Waals surface area contributed by atoms with Crippen molar-refractivity contribution in [2.75, 3.05) is 13.2 Å². The number of fused-ring (bicyclic) bond motifs is 1. The summed E-state index contributed by atoms with van der Waals surface area (Å²) < 4.78 is 5.30. The van der Waals surface area contributed by atoms with E-state index in [4.69, 9.17) is 4.74 Å². The minimum absolute atomic E-state index is 0.165. The largest absolute Gasteiger partial charge is 0.460 e. The lowest BCUT2D eigenvalue weighted by molar-refractivity contribution is 0.0508. The van der Waals surface area contributed by atoms with Gasteiger partial charge in [0.1, 0.15) is 11.5 Å². The highest BCUT2D eigenvalue weighted by molar-refractivity contribution is 7.14. The number of thiophene rings is 1. The van der Waals surface area contributed by atoms with Crippen LogP contribution in [-0.2, 0) is 17.6 Å². The van der Waals surface area contributed by atoms with E-state index >= 15 is 0 Å². The number of nitrogens with zero attached hydrogens (tertiary/aromatic N) is 1. The normalized spacial score (nSPS) is 14.1. The van der Waals surface area contributed by atoms with Gasteiger partial charge in [0, 0.05) is 22.8 Å². The first kappa shape index (κ1) is 17.6. The quantitative estimate of drug-likeness (QED) is 0.657. The van der Waals surface area contributed by atoms with E-state index in [2.05, 4.69) is 10.3 Å². The summed E-state index contributed by atoms with van der Waals surface area (Å²) in [7, 11) is 0. The van der Waals surface area contributed by atoms with E-state index in [1.54, 1.807) is 35.9 Å². The van der Waals surface area contributed by atoms with Crippen molar-refractivity contribution in [1.29, 1.82) is 0 Å². The van der Waals surface area contributed by atoms with Gasteiger partial charge in [-0.05, 0) is 49.4 Å². The van der Waals surface area contributed by atoms with E-state index in [1.807, 2.05) is 6.07 Å². The second kappa shape index (κ2) is 8.76. The highest BCUT2D eigenvalue weighted by Gasteiger charge is 2.17. The number of carbonyl (C=O) groups excluding carboxylic acids is 2. The van der Waals surface area contributed by atoms with Crippen LogP contribution in [0.4, 0.5) is 0 Å². The molecule has 0 unspecified atom stereocenters. The zero-order valence-electron chi connectivity index (χ0n) is 14.1. The van der Waals surface area contributed by atoms with Crippen molar-refractivity contribution in [2.45, 2.75) is 38.5 Å². The van der Waals surface area contributed by atoms with Crippen LogP contribution in [0.5, 0.6) is 0 Å². The fraction of sp³-hybridized carbons (Fsp3) is 0.421. The number of hydrogen-bond donors (Lipinski definition) is 1. The molecule has 2 aromatic rings. The van der Waals surface area contributed by atoms with E-state index < -0.39 is 0 Å². The van der Waals surface area contributed by atoms with Gasteiger partial charge in [-0.15, -0.1) is 11.3 Å². The van der Waals surface area contributed by atoms with E-state index in [9.17, 15) is 9.59 Å². The van der Waals surface area contributed by atoms with Crippen LogP contribution in [0.15, 0.2) is 30.6 Å². The average molecular weight is 358 g/mol. The summed E-state index contributed by atoms with van der Waals surface area (Å²) in [5.41, 5.74) is 1.85. The van der Waals surface area contributed by atoms with Crippen LogP contribution in [0, 0.1) is 0 Å². The molecule has 2 aromatic heterocycles. The molecule has 1 aliphatic carbocycles. The van der Waals surface area contributed by atoms with Crippen LogP contribution in [0.3, 0.4) is 0 Å². The van der Waals surface area contributed by atoms with Crippen LogP contribution in [0.2, 0.25) is 0 Å². The van der Waals surface area contributed by atoms with Crippen LogP contribution >= 0.6 is 11.3 Å². The molecule has 1 N–H and O–H groups in total. The van der Waals surface area contributed by atoms with E-state index in [1.165, 1.54) is 36.1 Å². The summed E-state index contributed by atoms with van der Waals surface area (Å²) in [4.78, 5) is 30.0. The lowest BCUT2D eigenvalue weighted by Gasteiger charge is -2.07. The third-order valence-electron chi connectivity index (χ3n) is 4.26. The van der Waals surface area contributed by atoms with Gasteiger partial charge < -0.3 is 10.1 Å². The smallest absolute Gasteiger partial charge is 0.348 e. The van der Waals surface area contributed by atoms with Crippen molar-refractivity contribution in [1.82, 2.24) is 10.3 Å². The van der Waals surface area contributed by atoms with Gasteiger partial charge >= 0.3 is 5.97 Å². The lowest BCUT2D eigenvalue weighted by atomic mass is 10.00. The van der Waals surface area contributed by atoms with Crippen molar-refractivity contribution < 1.29 is 14.3 Å². The number of esters is 1. The summed E-state index contributed by atoms with van der Waals surface area (Å²) >= 11 is 1.56. The molecule has 0 aromatic carbocycles. The van der Waals surface area contributed by atoms with Gasteiger partial charge in [-0.3, -0.25) is 9.78 Å². The minimum Gasteiger partial charge on any atom is -0.460 e. The second-order valence-corrected chi connectivity index (χ2v) is 7.24. The maximum Gasteiger partial charge on any atom is 0.348 e. The van der Waals surface area contributed by atoms with Crippen molar-refractivity contribution in [2.24, 2.45) is 0 Å². The van der Waals surface area contributed by atoms with E-state index in [0.29, 0.717) is 10.4 Å². The molecule has 5 nitrogen and oxygen atoms in total. The fourth-order valence-corrected chi connectivity index (χ4v) is 4.08. The minimum atomic E-state index is -0.296. The number of ether oxygens (including phenoxy) is 1. The van der Waals surface area contributed by atoms with Gasteiger partial charge in [-0.25, -0.2) is 4.79 Å². The SMILES string of the molecule is O=C(NCCOC(=O)c1cc2c(s1)CCCCCC2)c1ccncc1. The Morgan fingerprint density at radius 3 is 2.68 bits per heavy atom. The summed E-state index contributed by atoms with van der Waals surface area (Å²) in [6, 6.07) is 5.27. The molecule has 0 saturated heterocycles. The number of nitrogens with one attached hydrogen (secondary N) is 1. The Morgan fingerprint density at radius 1 is 1.12 bits per heavy atom. The van der Waals surface area contributed by atoms with E-state index in [-0.39, 0.29) is 25.0 Å². The summed E-state index contributed by atoms with van der Waals surface area (Å²) in [6.07, 6.45) is 10.2. The number of aromatic nitrogens is 1. The molecule has 0 saturated carbocycles. The highest BCUT2D eigenvalue weighted by Crippen LogP contribution is 2.28. The summed E-state index contributed by atoms with van der Waals surface area (Å²) in [5.74, 6) is -0.493. The van der Waals surface area contributed by atoms with Crippen molar-refractivity contribution in [3.8, 4) is 0 Å². The van der Waals surface area contributed by atoms with E-state index in [0.717, 1.165) is 12.8 Å². The molecule has 0 radical (unpaired) electrons. The number of carbonyl (C=O) groups is 2. The van der Waals surface area contributed by atoms with Crippen LogP contribution < -0.4 is 5.32 Å². The van der Waals surface area contributed by atoms with Gasteiger partial charge in [0.05, 0.1) is 6.54 Å². The topological polar surface area (TPSA) is 68.3 Å². The predicted octanol–water partition coefficient (Wildman–Crippen LogP) is 3.39. The predicted molar refractivity (Wildman–Crippen MR) is 97.0 cm³/mol. The average Bonchev–Trinajstić information content (AvgIpc) is 3.01. The molecule has 6 heteroatoms. The molecule has 1 amide bonds. The molecule has 0 atom stereocenters. The second-order valence-electron chi connectivity index (χ2n) is 6.10. The molecule has 25 heavy (non-hydrogen) atoms. The standard InChI is InChI=1S/C19H22N2O3S/c22-18(14-7-9-20-10-8-14)21-11-12-24-19(23)17-13-15-5-3-1-2-4-6-16(15)25-17/h7-10,13H,1-6,11-12H2,(H,21,22). The molecule has 2 heterocycles. The van der Waals surface area contributed by atoms with Gasteiger partial charge in [0.2, 0.25) is 0 Å². The Bertz CT molecular complexity index is 702. The molecule has 3 rings (SSSR count). The van der Waals surface area contributed by atoms with Crippen molar-refractivity contribution in [3.63, 3.8) is 0 Å². The monoisotopic (exact) mass is 358 g/mol. The first-order valence-corrected chi connectivity index (χ1v) is 9.52. The zero-order chi connectivity index (χ0) is 17.5. The third-order valence-corrected chi connectivity index (χ3v) is 5.48. The van der Waals surface area contributed by atoms with Crippen LogP contribution in [0.1, 0.15) is 56.2 Å². The Morgan fingerprint density at radius 2 is 1.88 bits per heavy atom. The summed E-state index contributed by atoms with van der Waals surface area (Å²) in [5, 5.41) is 2.73. The van der Waals surface area contributed by atoms with Gasteiger partial charge in [0.15, 0.2) is 0 Å². The molecule has 0 bridgehead atoms. The number of hydrogen-bond acceptors (Lipinski definition) is 5. The molecule has 1 aliphatic rings. The Hall–Kier alpha value is -2.21. The van der Waals surface area contributed by atoms with Crippen molar-refractivity contribution >= 4 is 23.2 Å². The lowest BCUT2D eigenvalue weighted by Crippen LogP contribution is -2.27. The zero-order valence-corrected chi connectivity index (χ0v) is 14.9. The van der Waals surface area contributed by atoms with Crippen LogP contribution in [0.25, 0.3) is 0 Å². The summed E-state index contributed by atoms with van der Waals surface area (Å²) in [6.45, 7) is 0.455. The van der Waals surface area contributed by atoms with Gasteiger partial charge in [0.25, 0.3) is 5.91 Å². The Balaban J connectivity index is 1.46. The fourth-order valence-electron chi connectivity index (χ4n) is 2.93. The molecule has 0 fully saturated rings. The molecule has 0 spiro atoms. The first-order chi connectivity index (χ1) is 12.2. The van der Waals surface area contributed by atoms with Gasteiger partial charge in [-0.1, -0.05) is 12.8 Å². The highest BCUT2D eigenvalue weighted by atomic mass is 32.1. The number of rotatable bonds is 5. The molecular weight excluding hydrogens is 336 g/mol.